The summed E-state index contributed by atoms with van der Waals surface area (Å²) >= 11 is 6.13. The van der Waals surface area contributed by atoms with Gasteiger partial charge in [0.15, 0.2) is 0 Å². The summed E-state index contributed by atoms with van der Waals surface area (Å²) in [4.78, 5) is 7.15. The second-order valence-corrected chi connectivity index (χ2v) is 6.00. The van der Waals surface area contributed by atoms with Crippen LogP contribution in [-0.4, -0.2) is 47.3 Å². The molecule has 1 aromatic heterocycles. The molecule has 4 nitrogen and oxygen atoms in total. The normalized spacial score (nSPS) is 18.2. The molecule has 1 fully saturated rings. The van der Waals surface area contributed by atoms with Crippen LogP contribution in [0.15, 0.2) is 18.2 Å². The summed E-state index contributed by atoms with van der Waals surface area (Å²) in [5.74, 6) is 1.41. The third-order valence-corrected chi connectivity index (χ3v) is 4.41. The molecule has 1 atom stereocenters. The van der Waals surface area contributed by atoms with Crippen molar-refractivity contribution in [3.8, 4) is 0 Å². The summed E-state index contributed by atoms with van der Waals surface area (Å²) in [7, 11) is 0. The minimum atomic E-state index is 0.350. The van der Waals surface area contributed by atoms with Gasteiger partial charge in [-0.25, -0.2) is 4.98 Å². The monoisotopic (exact) mass is 307 g/mol. The fraction of sp³-hybridized carbons (Fsp3) is 0.562. The number of rotatable bonds is 4. The highest BCUT2D eigenvalue weighted by Crippen LogP contribution is 2.25. The van der Waals surface area contributed by atoms with Gasteiger partial charge in [-0.3, -0.25) is 4.90 Å². The number of aryl methyl sites for hydroxylation is 1. The zero-order valence-corrected chi connectivity index (χ0v) is 13.4. The van der Waals surface area contributed by atoms with Crippen LogP contribution in [0.4, 0.5) is 0 Å². The van der Waals surface area contributed by atoms with Gasteiger partial charge in [-0.2, -0.15) is 0 Å². The average Bonchev–Trinajstić information content (AvgIpc) is 2.88. The molecule has 0 saturated carbocycles. The Morgan fingerprint density at radius 2 is 2.10 bits per heavy atom. The molecule has 5 heteroatoms. The van der Waals surface area contributed by atoms with Gasteiger partial charge in [-0.1, -0.05) is 12.1 Å². The highest BCUT2D eigenvalue weighted by molar-refractivity contribution is 6.16. The second-order valence-electron chi connectivity index (χ2n) is 5.74. The topological polar surface area (TPSA) is 30.3 Å². The predicted molar refractivity (Wildman–Crippen MR) is 86.0 cm³/mol. The van der Waals surface area contributed by atoms with Crippen molar-refractivity contribution in [3.63, 3.8) is 0 Å². The minimum Gasteiger partial charge on any atom is -0.379 e. The number of para-hydroxylation sites is 1. The number of imidazole rings is 1. The summed E-state index contributed by atoms with van der Waals surface area (Å²) < 4.78 is 7.74. The van der Waals surface area contributed by atoms with Crippen LogP contribution >= 0.6 is 11.6 Å². The first-order valence-corrected chi connectivity index (χ1v) is 8.06. The average molecular weight is 308 g/mol. The van der Waals surface area contributed by atoms with E-state index < -0.39 is 0 Å². The Balaban J connectivity index is 1.93. The molecule has 0 spiro atoms. The molecule has 3 rings (SSSR count). The van der Waals surface area contributed by atoms with E-state index in [1.54, 1.807) is 0 Å². The molecule has 0 N–H and O–H groups in total. The third-order valence-electron chi connectivity index (χ3n) is 4.17. The van der Waals surface area contributed by atoms with E-state index in [0.717, 1.165) is 44.2 Å². The number of hydrogen-bond donors (Lipinski definition) is 0. The van der Waals surface area contributed by atoms with Crippen molar-refractivity contribution in [2.24, 2.45) is 0 Å². The lowest BCUT2D eigenvalue weighted by Crippen LogP contribution is -2.39. The molecule has 114 valence electrons. The zero-order valence-electron chi connectivity index (χ0n) is 12.7. The first-order valence-electron chi connectivity index (χ1n) is 7.53. The van der Waals surface area contributed by atoms with Gasteiger partial charge in [0.2, 0.25) is 0 Å². The Kier molecular flexibility index (Phi) is 4.48. The van der Waals surface area contributed by atoms with Crippen molar-refractivity contribution in [2.45, 2.75) is 25.8 Å². The van der Waals surface area contributed by atoms with Gasteiger partial charge in [-0.05, 0) is 25.5 Å². The van der Waals surface area contributed by atoms with Crippen LogP contribution in [0.25, 0.3) is 11.0 Å². The Hall–Kier alpha value is -1.10. The fourth-order valence-corrected chi connectivity index (χ4v) is 3.37. The van der Waals surface area contributed by atoms with Gasteiger partial charge in [0, 0.05) is 25.7 Å². The molecule has 2 aromatic rings. The lowest BCUT2D eigenvalue weighted by molar-refractivity contribution is 0.0326. The van der Waals surface area contributed by atoms with Crippen molar-refractivity contribution < 1.29 is 4.74 Å². The zero-order chi connectivity index (χ0) is 14.8. The lowest BCUT2D eigenvalue weighted by Gasteiger charge is -2.30. The van der Waals surface area contributed by atoms with Crippen LogP contribution in [0.1, 0.15) is 24.4 Å². The largest absolute Gasteiger partial charge is 0.379 e. The van der Waals surface area contributed by atoms with E-state index in [0.29, 0.717) is 11.9 Å². The maximum absolute atomic E-state index is 6.13. The molecule has 1 aliphatic heterocycles. The van der Waals surface area contributed by atoms with E-state index in [-0.39, 0.29) is 0 Å². The van der Waals surface area contributed by atoms with Crippen LogP contribution in [0.2, 0.25) is 0 Å². The fourth-order valence-electron chi connectivity index (χ4n) is 3.18. The van der Waals surface area contributed by atoms with Crippen LogP contribution in [0.3, 0.4) is 0 Å². The summed E-state index contributed by atoms with van der Waals surface area (Å²) in [5.41, 5.74) is 3.51. The smallest absolute Gasteiger partial charge is 0.125 e. The molecule has 1 saturated heterocycles. The third kappa shape index (κ3) is 2.93. The summed E-state index contributed by atoms with van der Waals surface area (Å²) in [6.45, 7) is 9.07. The van der Waals surface area contributed by atoms with E-state index in [2.05, 4.69) is 41.5 Å². The van der Waals surface area contributed by atoms with Crippen molar-refractivity contribution in [2.75, 3.05) is 32.8 Å². The van der Waals surface area contributed by atoms with E-state index >= 15 is 0 Å². The van der Waals surface area contributed by atoms with Gasteiger partial charge < -0.3 is 9.30 Å². The standard InChI is InChI=1S/C16H22ClN3O/c1-12-4-3-5-14-16(12)20(15(10-17)18-14)13(2)11-19-6-8-21-9-7-19/h3-5,13H,6-11H2,1-2H3. The maximum Gasteiger partial charge on any atom is 0.125 e. The quantitative estimate of drug-likeness (QED) is 0.814. The summed E-state index contributed by atoms with van der Waals surface area (Å²) in [6.07, 6.45) is 0. The second kappa shape index (κ2) is 6.34. The van der Waals surface area contributed by atoms with E-state index in [1.807, 2.05) is 0 Å². The van der Waals surface area contributed by atoms with Gasteiger partial charge in [-0.15, -0.1) is 11.6 Å². The number of morpholine rings is 1. The van der Waals surface area contributed by atoms with E-state index in [4.69, 9.17) is 21.3 Å². The molecule has 0 aliphatic carbocycles. The van der Waals surface area contributed by atoms with Gasteiger partial charge in [0.1, 0.15) is 5.82 Å². The van der Waals surface area contributed by atoms with Crippen LogP contribution in [-0.2, 0) is 10.6 Å². The number of aromatic nitrogens is 2. The molecule has 0 bridgehead atoms. The molecule has 1 aliphatic rings. The van der Waals surface area contributed by atoms with Gasteiger partial charge in [0.25, 0.3) is 0 Å². The Morgan fingerprint density at radius 3 is 2.81 bits per heavy atom. The number of benzene rings is 1. The first kappa shape index (κ1) is 14.8. The predicted octanol–water partition coefficient (Wildman–Crippen LogP) is 2.98. The molecule has 2 heterocycles. The van der Waals surface area contributed by atoms with Gasteiger partial charge >= 0.3 is 0 Å². The maximum atomic E-state index is 6.13. The molecule has 21 heavy (non-hydrogen) atoms. The molecule has 0 radical (unpaired) electrons. The number of nitrogens with zero attached hydrogens (tertiary/aromatic N) is 3. The number of halogens is 1. The van der Waals surface area contributed by atoms with Crippen molar-refractivity contribution in [1.29, 1.82) is 0 Å². The van der Waals surface area contributed by atoms with Crippen molar-refractivity contribution in [3.05, 3.63) is 29.6 Å². The summed E-state index contributed by atoms with van der Waals surface area (Å²) in [5, 5.41) is 0. The number of hydrogen-bond acceptors (Lipinski definition) is 3. The molecule has 1 aromatic carbocycles. The van der Waals surface area contributed by atoms with Crippen molar-refractivity contribution in [1.82, 2.24) is 14.5 Å². The first-order chi connectivity index (χ1) is 10.2. The molecular weight excluding hydrogens is 286 g/mol. The highest BCUT2D eigenvalue weighted by atomic mass is 35.5. The molecule has 0 amide bonds. The van der Waals surface area contributed by atoms with E-state index in [9.17, 15) is 0 Å². The minimum absolute atomic E-state index is 0.350. The highest BCUT2D eigenvalue weighted by Gasteiger charge is 2.20. The number of fused-ring (bicyclic) bond motifs is 1. The van der Waals surface area contributed by atoms with Crippen LogP contribution < -0.4 is 0 Å². The number of alkyl halides is 1. The van der Waals surface area contributed by atoms with Crippen LogP contribution in [0, 0.1) is 6.92 Å². The van der Waals surface area contributed by atoms with E-state index in [1.165, 1.54) is 11.1 Å². The van der Waals surface area contributed by atoms with Crippen molar-refractivity contribution >= 4 is 22.6 Å². The SMILES string of the molecule is Cc1cccc2nc(CCl)n(C(C)CN3CCOCC3)c12. The number of ether oxygens (including phenoxy) is 1. The molecular formula is C16H22ClN3O. The Morgan fingerprint density at radius 1 is 1.33 bits per heavy atom. The lowest BCUT2D eigenvalue weighted by atomic mass is 10.2. The molecule has 1 unspecified atom stereocenters. The van der Waals surface area contributed by atoms with Crippen LogP contribution in [0.5, 0.6) is 0 Å². The summed E-state index contributed by atoms with van der Waals surface area (Å²) in [6, 6.07) is 6.61. The Bertz CT molecular complexity index is 619. The Labute approximate surface area is 130 Å². The van der Waals surface area contributed by atoms with Gasteiger partial charge in [0.05, 0.1) is 30.1 Å².